The SMILES string of the molecule is CC(C)[C@@H]1C[C@@H](C(=O)NC(CC2CC2)C(=O)C(N)=O)N(C(=O)[C@@H](NC(=O)N[C@H](C(=O)CCc2ccccc2)C(C)(C)C)C(C)(C)C)C1. The van der Waals surface area contributed by atoms with Gasteiger partial charge in [0.05, 0.1) is 12.1 Å². The number of aryl methyl sites for hydroxylation is 1. The molecule has 47 heavy (non-hydrogen) atoms. The largest absolute Gasteiger partial charge is 0.363 e. The number of hydrogen-bond donors (Lipinski definition) is 4. The number of Topliss-reactive ketones (excluding diaryl/α,β-unsaturated/α-hetero) is 2. The Morgan fingerprint density at radius 2 is 1.45 bits per heavy atom. The summed E-state index contributed by atoms with van der Waals surface area (Å²) in [6.07, 6.45) is 3.32. The number of rotatable bonds is 14. The minimum absolute atomic E-state index is 0.00498. The number of carbonyl (C=O) groups is 6. The predicted molar refractivity (Wildman–Crippen MR) is 180 cm³/mol. The number of carbonyl (C=O) groups excluding carboxylic acids is 6. The van der Waals surface area contributed by atoms with E-state index in [0.29, 0.717) is 25.8 Å². The van der Waals surface area contributed by atoms with Crippen molar-refractivity contribution in [2.24, 2.45) is 34.3 Å². The van der Waals surface area contributed by atoms with Crippen molar-refractivity contribution in [3.63, 3.8) is 0 Å². The van der Waals surface area contributed by atoms with Gasteiger partial charge in [0.2, 0.25) is 17.6 Å². The van der Waals surface area contributed by atoms with Gasteiger partial charge in [0.15, 0.2) is 5.78 Å². The lowest BCUT2D eigenvalue weighted by Gasteiger charge is -2.37. The van der Waals surface area contributed by atoms with Crippen molar-refractivity contribution in [2.45, 2.75) is 118 Å². The van der Waals surface area contributed by atoms with Crippen molar-refractivity contribution >= 4 is 35.3 Å². The molecule has 1 aromatic carbocycles. The van der Waals surface area contributed by atoms with E-state index in [1.807, 2.05) is 85.7 Å². The van der Waals surface area contributed by atoms with Crippen LogP contribution in [-0.2, 0) is 30.4 Å². The first-order chi connectivity index (χ1) is 21.8. The molecule has 2 fully saturated rings. The Morgan fingerprint density at radius 3 is 1.96 bits per heavy atom. The van der Waals surface area contributed by atoms with Crippen LogP contribution in [0.4, 0.5) is 4.79 Å². The molecular weight excluding hydrogens is 598 g/mol. The van der Waals surface area contributed by atoms with Gasteiger partial charge in [0.25, 0.3) is 5.91 Å². The highest BCUT2D eigenvalue weighted by molar-refractivity contribution is 6.37. The lowest BCUT2D eigenvalue weighted by molar-refractivity contribution is -0.143. The molecule has 0 aromatic heterocycles. The van der Waals surface area contributed by atoms with Crippen molar-refractivity contribution in [1.82, 2.24) is 20.9 Å². The van der Waals surface area contributed by atoms with Crippen LogP contribution in [0.25, 0.3) is 0 Å². The first-order valence-corrected chi connectivity index (χ1v) is 16.9. The summed E-state index contributed by atoms with van der Waals surface area (Å²) in [5.74, 6) is -2.61. The Bertz CT molecular complexity index is 1310. The fourth-order valence-electron chi connectivity index (χ4n) is 6.16. The predicted octanol–water partition coefficient (Wildman–Crippen LogP) is 3.53. The van der Waals surface area contributed by atoms with E-state index in [-0.39, 0.29) is 30.0 Å². The Morgan fingerprint density at radius 1 is 0.872 bits per heavy atom. The van der Waals surface area contributed by atoms with Crippen molar-refractivity contribution in [3.8, 4) is 0 Å². The molecule has 5 N–H and O–H groups in total. The van der Waals surface area contributed by atoms with Gasteiger partial charge in [-0.3, -0.25) is 24.0 Å². The molecule has 2 aliphatic rings. The van der Waals surface area contributed by atoms with Gasteiger partial charge < -0.3 is 26.6 Å². The standard InChI is InChI=1S/C36H55N5O6/c1-21(2)24-19-26(32(45)38-25(18-23-14-15-23)28(43)31(37)44)41(20-24)33(46)30(36(6,7)8)40-34(47)39-29(35(3,4)5)27(42)17-16-22-12-10-9-11-13-22/h9-13,21,23-26,29-30H,14-20H2,1-8H3,(H2,37,44)(H,38,45)(H2,39,40,47)/t24-,25?,26+,29-,30-/m1/s1. The average Bonchev–Trinajstić information content (AvgIpc) is 3.68. The van der Waals surface area contributed by atoms with E-state index >= 15 is 0 Å². The first kappa shape index (κ1) is 37.7. The summed E-state index contributed by atoms with van der Waals surface area (Å²) in [4.78, 5) is 80.7. The zero-order valence-corrected chi connectivity index (χ0v) is 29.4. The molecule has 0 radical (unpaired) electrons. The molecule has 1 saturated heterocycles. The molecule has 11 heteroatoms. The maximum atomic E-state index is 14.3. The Hall–Kier alpha value is -3.76. The van der Waals surface area contributed by atoms with Crippen LogP contribution in [0.15, 0.2) is 30.3 Å². The van der Waals surface area contributed by atoms with Gasteiger partial charge in [0.1, 0.15) is 12.1 Å². The van der Waals surface area contributed by atoms with Gasteiger partial charge in [-0.25, -0.2) is 4.79 Å². The summed E-state index contributed by atoms with van der Waals surface area (Å²) in [7, 11) is 0. The Balaban J connectivity index is 1.79. The van der Waals surface area contributed by atoms with E-state index in [2.05, 4.69) is 16.0 Å². The molecule has 1 saturated carbocycles. The highest BCUT2D eigenvalue weighted by atomic mass is 16.2. The van der Waals surface area contributed by atoms with E-state index in [1.165, 1.54) is 4.90 Å². The lowest BCUT2D eigenvalue weighted by atomic mass is 9.82. The normalized spacial score (nSPS) is 20.2. The fourth-order valence-corrected chi connectivity index (χ4v) is 6.16. The number of ketones is 2. The third-order valence-corrected chi connectivity index (χ3v) is 9.36. The van der Waals surface area contributed by atoms with Gasteiger partial charge in [-0.15, -0.1) is 0 Å². The summed E-state index contributed by atoms with van der Waals surface area (Å²) >= 11 is 0. The summed E-state index contributed by atoms with van der Waals surface area (Å²) in [6.45, 7) is 15.4. The number of nitrogens with two attached hydrogens (primary N) is 1. The van der Waals surface area contributed by atoms with Crippen LogP contribution in [0.3, 0.4) is 0 Å². The smallest absolute Gasteiger partial charge is 0.316 e. The highest BCUT2D eigenvalue weighted by Gasteiger charge is 2.47. The topological polar surface area (TPSA) is 168 Å². The third-order valence-electron chi connectivity index (χ3n) is 9.36. The van der Waals surface area contributed by atoms with Crippen LogP contribution in [-0.4, -0.2) is 70.9 Å². The zero-order chi connectivity index (χ0) is 35.3. The van der Waals surface area contributed by atoms with Crippen LogP contribution in [0, 0.1) is 28.6 Å². The molecule has 0 spiro atoms. The molecule has 11 nitrogen and oxygen atoms in total. The summed E-state index contributed by atoms with van der Waals surface area (Å²) in [5, 5.41) is 8.41. The molecule has 0 bridgehead atoms. The monoisotopic (exact) mass is 653 g/mol. The van der Waals surface area contributed by atoms with E-state index in [1.54, 1.807) is 0 Å². The highest BCUT2D eigenvalue weighted by Crippen LogP contribution is 2.35. The van der Waals surface area contributed by atoms with Crippen molar-refractivity contribution in [2.75, 3.05) is 6.54 Å². The number of likely N-dealkylation sites (tertiary alicyclic amines) is 1. The maximum absolute atomic E-state index is 14.3. The average molecular weight is 654 g/mol. The van der Waals surface area contributed by atoms with E-state index in [0.717, 1.165) is 18.4 Å². The van der Waals surface area contributed by atoms with Crippen molar-refractivity contribution in [1.29, 1.82) is 0 Å². The van der Waals surface area contributed by atoms with Crippen LogP contribution >= 0.6 is 0 Å². The van der Waals surface area contributed by atoms with Crippen LogP contribution in [0.5, 0.6) is 0 Å². The van der Waals surface area contributed by atoms with Gasteiger partial charge in [-0.2, -0.15) is 0 Å². The van der Waals surface area contributed by atoms with Crippen molar-refractivity contribution < 1.29 is 28.8 Å². The molecule has 3 rings (SSSR count). The second kappa shape index (κ2) is 15.4. The Labute approximate surface area is 279 Å². The van der Waals surface area contributed by atoms with Crippen LogP contribution < -0.4 is 21.7 Å². The lowest BCUT2D eigenvalue weighted by Crippen LogP contribution is -2.61. The Kier molecular flexibility index (Phi) is 12.4. The van der Waals surface area contributed by atoms with Crippen molar-refractivity contribution in [3.05, 3.63) is 35.9 Å². The quantitative estimate of drug-likeness (QED) is 0.224. The van der Waals surface area contributed by atoms with Gasteiger partial charge in [0, 0.05) is 13.0 Å². The number of primary amides is 1. The molecule has 1 heterocycles. The molecule has 1 aliphatic carbocycles. The molecule has 1 aromatic rings. The first-order valence-electron chi connectivity index (χ1n) is 16.9. The van der Waals surface area contributed by atoms with Crippen LogP contribution in [0.1, 0.15) is 93.1 Å². The zero-order valence-electron chi connectivity index (χ0n) is 29.4. The fraction of sp³-hybridized carbons (Fsp3) is 0.667. The third kappa shape index (κ3) is 10.6. The molecule has 5 atom stereocenters. The number of nitrogens with zero attached hydrogens (tertiary/aromatic N) is 1. The van der Waals surface area contributed by atoms with Crippen LogP contribution in [0.2, 0.25) is 0 Å². The second-order valence-electron chi connectivity index (χ2n) is 15.9. The molecule has 260 valence electrons. The summed E-state index contributed by atoms with van der Waals surface area (Å²) < 4.78 is 0. The minimum Gasteiger partial charge on any atom is -0.363 e. The molecule has 5 amide bonds. The minimum atomic E-state index is -1.11. The number of amides is 5. The number of benzene rings is 1. The summed E-state index contributed by atoms with van der Waals surface area (Å²) in [6, 6.07) is 5.25. The number of hydrogen-bond acceptors (Lipinski definition) is 6. The van der Waals surface area contributed by atoms with E-state index in [4.69, 9.17) is 5.73 Å². The van der Waals surface area contributed by atoms with E-state index in [9.17, 15) is 28.8 Å². The number of urea groups is 1. The van der Waals surface area contributed by atoms with Gasteiger partial charge in [-0.05, 0) is 53.4 Å². The maximum Gasteiger partial charge on any atom is 0.316 e. The van der Waals surface area contributed by atoms with E-state index < -0.39 is 64.5 Å². The molecule has 1 unspecified atom stereocenters. The summed E-state index contributed by atoms with van der Waals surface area (Å²) in [5.41, 5.74) is 4.97. The molecule has 1 aliphatic heterocycles. The number of nitrogens with one attached hydrogen (secondary N) is 3. The molecular formula is C36H55N5O6. The second-order valence-corrected chi connectivity index (χ2v) is 15.9. The van der Waals surface area contributed by atoms with Gasteiger partial charge in [-0.1, -0.05) is 98.6 Å². The van der Waals surface area contributed by atoms with Gasteiger partial charge >= 0.3 is 6.03 Å².